The minimum Gasteiger partial charge on any atom is -0.369 e. The Bertz CT molecular complexity index is 1090. The van der Waals surface area contributed by atoms with Crippen molar-refractivity contribution in [1.29, 1.82) is 0 Å². The number of rotatable bonds is 5. The van der Waals surface area contributed by atoms with Crippen LogP contribution in [0.2, 0.25) is 0 Å². The topological polar surface area (TPSA) is 113 Å². The van der Waals surface area contributed by atoms with E-state index in [-0.39, 0.29) is 11.5 Å². The highest BCUT2D eigenvalue weighted by Crippen LogP contribution is 2.20. The third-order valence-electron chi connectivity index (χ3n) is 4.29. The number of nitrogens with zero attached hydrogens (tertiary/aromatic N) is 3. The maximum atomic E-state index is 12.1. The Kier molecular flexibility index (Phi) is 5.08. The number of aromatic amines is 1. The molecule has 2 aromatic carbocycles. The highest BCUT2D eigenvalue weighted by Gasteiger charge is 2.09. The van der Waals surface area contributed by atoms with Crippen LogP contribution in [0.4, 0.5) is 11.6 Å². The predicted octanol–water partition coefficient (Wildman–Crippen LogP) is 1.83. The summed E-state index contributed by atoms with van der Waals surface area (Å²) in [4.78, 5) is 20.8. The van der Waals surface area contributed by atoms with E-state index in [1.54, 1.807) is 6.07 Å². The molecular weight excluding hydrogens is 340 g/mol. The third kappa shape index (κ3) is 3.90. The lowest BCUT2D eigenvalue weighted by molar-refractivity contribution is 0.879. The van der Waals surface area contributed by atoms with Crippen molar-refractivity contribution in [3.63, 3.8) is 0 Å². The smallest absolute Gasteiger partial charge is 0.260 e. The highest BCUT2D eigenvalue weighted by atomic mass is 16.1. The zero-order valence-corrected chi connectivity index (χ0v) is 14.9. The number of hydrazone groups is 1. The second-order valence-electron chi connectivity index (χ2n) is 6.12. The number of hydrogen-bond donors (Lipinski definition) is 3. The van der Waals surface area contributed by atoms with Gasteiger partial charge in [0, 0.05) is 12.2 Å². The maximum absolute atomic E-state index is 12.1. The Morgan fingerprint density at radius 2 is 2.04 bits per heavy atom. The van der Waals surface area contributed by atoms with E-state index in [9.17, 15) is 4.79 Å². The summed E-state index contributed by atoms with van der Waals surface area (Å²) in [7, 11) is 0. The van der Waals surface area contributed by atoms with Gasteiger partial charge in [-0.2, -0.15) is 5.10 Å². The Balaban J connectivity index is 1.91. The van der Waals surface area contributed by atoms with Gasteiger partial charge in [-0.25, -0.2) is 4.98 Å². The molecule has 0 atom stereocenters. The van der Waals surface area contributed by atoms with Gasteiger partial charge < -0.3 is 16.5 Å². The Morgan fingerprint density at radius 3 is 2.70 bits per heavy atom. The van der Waals surface area contributed by atoms with Crippen molar-refractivity contribution in [1.82, 2.24) is 9.97 Å². The lowest BCUT2D eigenvalue weighted by atomic mass is 10.1. The molecule has 0 spiro atoms. The number of nitrogens with one attached hydrogen (secondary N) is 1. The minimum atomic E-state index is -0.260. The van der Waals surface area contributed by atoms with Crippen LogP contribution in [-0.4, -0.2) is 22.2 Å². The second-order valence-corrected chi connectivity index (χ2v) is 6.12. The van der Waals surface area contributed by atoms with Gasteiger partial charge in [-0.1, -0.05) is 24.1 Å². The van der Waals surface area contributed by atoms with Crippen LogP contribution in [0, 0.1) is 12.3 Å². The minimum absolute atomic E-state index is 0.102. The average molecular weight is 360 g/mol. The molecule has 136 valence electrons. The number of aromatic nitrogens is 2. The Morgan fingerprint density at radius 1 is 1.30 bits per heavy atom. The number of benzene rings is 2. The van der Waals surface area contributed by atoms with Crippen molar-refractivity contribution in [2.45, 2.75) is 13.5 Å². The van der Waals surface area contributed by atoms with Gasteiger partial charge in [0.1, 0.15) is 0 Å². The molecular formula is C20H20N6O. The molecule has 0 bridgehead atoms. The molecule has 0 amide bonds. The molecule has 0 unspecified atom stereocenters. The van der Waals surface area contributed by atoms with Gasteiger partial charge >= 0.3 is 0 Å². The first-order valence-corrected chi connectivity index (χ1v) is 8.33. The van der Waals surface area contributed by atoms with E-state index in [0.29, 0.717) is 24.0 Å². The predicted molar refractivity (Wildman–Crippen MR) is 109 cm³/mol. The fraction of sp³-hybridized carbons (Fsp3) is 0.150. The Labute approximate surface area is 156 Å². The summed E-state index contributed by atoms with van der Waals surface area (Å²) in [6.07, 6.45) is 5.55. The molecule has 0 aliphatic carbocycles. The van der Waals surface area contributed by atoms with Crippen molar-refractivity contribution in [2.24, 2.45) is 10.9 Å². The van der Waals surface area contributed by atoms with Gasteiger partial charge in [0.15, 0.2) is 0 Å². The molecule has 0 saturated heterocycles. The molecule has 1 heterocycles. The molecule has 0 radical (unpaired) electrons. The first-order valence-electron chi connectivity index (χ1n) is 8.33. The van der Waals surface area contributed by atoms with Gasteiger partial charge in [-0.05, 0) is 42.3 Å². The van der Waals surface area contributed by atoms with Crippen LogP contribution in [0.3, 0.4) is 0 Å². The molecule has 3 aromatic rings. The summed E-state index contributed by atoms with van der Waals surface area (Å²) in [5, 5.41) is 4.20. The largest absolute Gasteiger partial charge is 0.369 e. The lowest BCUT2D eigenvalue weighted by Crippen LogP contribution is -2.23. The third-order valence-corrected chi connectivity index (χ3v) is 4.29. The van der Waals surface area contributed by atoms with Crippen LogP contribution in [-0.2, 0) is 6.54 Å². The van der Waals surface area contributed by atoms with Gasteiger partial charge in [0.05, 0.1) is 23.2 Å². The molecule has 1 aromatic heterocycles. The normalized spacial score (nSPS) is 11.3. The zero-order chi connectivity index (χ0) is 19.4. The van der Waals surface area contributed by atoms with Crippen LogP contribution >= 0.6 is 0 Å². The van der Waals surface area contributed by atoms with Crippen LogP contribution in [0.25, 0.3) is 10.9 Å². The molecule has 0 aliphatic rings. The summed E-state index contributed by atoms with van der Waals surface area (Å²) in [5.74, 6) is 8.11. The van der Waals surface area contributed by atoms with Gasteiger partial charge in [0.2, 0.25) is 5.95 Å². The molecule has 7 heteroatoms. The van der Waals surface area contributed by atoms with Crippen LogP contribution < -0.4 is 22.0 Å². The molecule has 0 saturated carbocycles. The van der Waals surface area contributed by atoms with E-state index >= 15 is 0 Å². The van der Waals surface area contributed by atoms with Crippen molar-refractivity contribution < 1.29 is 0 Å². The van der Waals surface area contributed by atoms with Crippen LogP contribution in [0.5, 0.6) is 0 Å². The summed E-state index contributed by atoms with van der Waals surface area (Å²) < 4.78 is 0. The first-order chi connectivity index (χ1) is 13.0. The van der Waals surface area contributed by atoms with E-state index in [1.807, 2.05) is 48.2 Å². The van der Waals surface area contributed by atoms with E-state index in [1.165, 1.54) is 0 Å². The van der Waals surface area contributed by atoms with E-state index in [4.69, 9.17) is 18.0 Å². The summed E-state index contributed by atoms with van der Waals surface area (Å²) >= 11 is 0. The molecule has 0 aliphatic heterocycles. The van der Waals surface area contributed by atoms with Crippen molar-refractivity contribution in [3.05, 3.63) is 63.9 Å². The number of H-pyrrole nitrogens is 1. The van der Waals surface area contributed by atoms with Gasteiger partial charge in [-0.15, -0.1) is 6.42 Å². The number of fused-ring (bicyclic) bond motifs is 1. The molecule has 3 rings (SSSR count). The number of nitrogens with two attached hydrogens (primary N) is 2. The van der Waals surface area contributed by atoms with Crippen molar-refractivity contribution in [2.75, 3.05) is 17.2 Å². The highest BCUT2D eigenvalue weighted by molar-refractivity contribution is 5.98. The quantitative estimate of drug-likeness (QED) is 0.278. The van der Waals surface area contributed by atoms with Crippen molar-refractivity contribution >= 4 is 28.3 Å². The average Bonchev–Trinajstić information content (AvgIpc) is 2.67. The van der Waals surface area contributed by atoms with Gasteiger partial charge in [0.25, 0.3) is 5.56 Å². The van der Waals surface area contributed by atoms with Gasteiger partial charge in [-0.3, -0.25) is 9.78 Å². The van der Waals surface area contributed by atoms with E-state index in [0.717, 1.165) is 22.5 Å². The second kappa shape index (κ2) is 7.62. The van der Waals surface area contributed by atoms with E-state index < -0.39 is 0 Å². The first kappa shape index (κ1) is 18.0. The van der Waals surface area contributed by atoms with Crippen LogP contribution in [0.1, 0.15) is 18.1 Å². The molecule has 7 nitrogen and oxygen atoms in total. The molecule has 0 fully saturated rings. The van der Waals surface area contributed by atoms with E-state index in [2.05, 4.69) is 21.0 Å². The summed E-state index contributed by atoms with van der Waals surface area (Å²) in [6, 6.07) is 13.3. The summed E-state index contributed by atoms with van der Waals surface area (Å²) in [5.41, 5.74) is 9.50. The number of nitrogen functional groups attached to an aromatic ring is 1. The fourth-order valence-electron chi connectivity index (χ4n) is 2.86. The zero-order valence-electron chi connectivity index (χ0n) is 14.9. The van der Waals surface area contributed by atoms with Crippen LogP contribution in [0.15, 0.2) is 52.4 Å². The maximum Gasteiger partial charge on any atom is 0.260 e. The SMILES string of the molecule is C#CCN(Cc1ccc2nc(N)[nH]c(=O)c2c1)c1ccc(C(C)=NN)cc1. The monoisotopic (exact) mass is 360 g/mol. The molecule has 5 N–H and O–H groups in total. The lowest BCUT2D eigenvalue weighted by Gasteiger charge is -2.23. The summed E-state index contributed by atoms with van der Waals surface area (Å²) in [6.45, 7) is 2.83. The Hall–Kier alpha value is -3.79. The standard InChI is InChI=1S/C20H20N6O/c1-3-10-26(16-7-5-15(6-8-16)13(2)25-22)12-14-4-9-18-17(11-14)19(27)24-20(21)23-18/h1,4-9,11H,10,12,22H2,2H3,(H3,21,23,24,27). The fourth-order valence-corrected chi connectivity index (χ4v) is 2.86. The number of hydrogen-bond acceptors (Lipinski definition) is 6. The molecule has 27 heavy (non-hydrogen) atoms. The number of anilines is 2. The number of terminal acetylenes is 1. The van der Waals surface area contributed by atoms with Crippen molar-refractivity contribution in [3.8, 4) is 12.3 Å².